The van der Waals surface area contributed by atoms with Crippen LogP contribution in [0.1, 0.15) is 15.9 Å². The fourth-order valence-electron chi connectivity index (χ4n) is 2.18. The summed E-state index contributed by atoms with van der Waals surface area (Å²) >= 11 is 0. The van der Waals surface area contributed by atoms with E-state index in [0.717, 1.165) is 0 Å². The number of aromatic hydroxyl groups is 1. The molecule has 0 radical (unpaired) electrons. The minimum atomic E-state index is -0.205. The van der Waals surface area contributed by atoms with Crippen molar-refractivity contribution in [1.82, 2.24) is 0 Å². The molecule has 2 aromatic carbocycles. The minimum absolute atomic E-state index is 0.0501. The third-order valence-electron chi connectivity index (χ3n) is 3.32. The number of phenols is 1. The molecule has 0 aliphatic carbocycles. The number of ketones is 1. The van der Waals surface area contributed by atoms with Gasteiger partial charge in [-0.15, -0.1) is 0 Å². The number of ether oxygens (including phenoxy) is 3. The molecule has 0 bridgehead atoms. The van der Waals surface area contributed by atoms with E-state index in [1.165, 1.54) is 25.3 Å². The molecule has 5 heteroatoms. The number of methoxy groups -OCH3 is 1. The van der Waals surface area contributed by atoms with Crippen molar-refractivity contribution >= 4 is 11.9 Å². The number of benzene rings is 2. The molecule has 1 aliphatic heterocycles. The van der Waals surface area contributed by atoms with Gasteiger partial charge in [0.2, 0.25) is 6.79 Å². The molecule has 0 amide bonds. The summed E-state index contributed by atoms with van der Waals surface area (Å²) in [6.07, 6.45) is 2.91. The van der Waals surface area contributed by atoms with Crippen molar-refractivity contribution in [1.29, 1.82) is 0 Å². The molecule has 0 spiro atoms. The van der Waals surface area contributed by atoms with Gasteiger partial charge in [0, 0.05) is 5.56 Å². The molecule has 3 rings (SSSR count). The van der Waals surface area contributed by atoms with Gasteiger partial charge in [-0.2, -0.15) is 0 Å². The van der Waals surface area contributed by atoms with Crippen molar-refractivity contribution in [2.75, 3.05) is 13.9 Å². The number of carbonyl (C=O) groups is 1. The Kier molecular flexibility index (Phi) is 3.70. The van der Waals surface area contributed by atoms with Crippen LogP contribution in [-0.2, 0) is 0 Å². The monoisotopic (exact) mass is 298 g/mol. The summed E-state index contributed by atoms with van der Waals surface area (Å²) in [4.78, 5) is 12.2. The Hall–Kier alpha value is -2.95. The summed E-state index contributed by atoms with van der Waals surface area (Å²) in [5, 5.41) is 9.85. The van der Waals surface area contributed by atoms with Gasteiger partial charge in [0.25, 0.3) is 0 Å². The molecule has 1 aliphatic rings. The molecule has 0 saturated heterocycles. The fourth-order valence-corrected chi connectivity index (χ4v) is 2.18. The van der Waals surface area contributed by atoms with E-state index in [4.69, 9.17) is 14.2 Å². The van der Waals surface area contributed by atoms with Gasteiger partial charge in [-0.3, -0.25) is 4.79 Å². The summed E-state index contributed by atoms with van der Waals surface area (Å²) in [6.45, 7) is 0.165. The molecular weight excluding hydrogens is 284 g/mol. The second-order valence-corrected chi connectivity index (χ2v) is 4.66. The highest BCUT2D eigenvalue weighted by Gasteiger charge is 2.15. The zero-order valence-corrected chi connectivity index (χ0v) is 11.9. The molecule has 0 aromatic heterocycles. The highest BCUT2D eigenvalue weighted by molar-refractivity contribution is 6.07. The van der Waals surface area contributed by atoms with Crippen molar-refractivity contribution in [3.05, 3.63) is 53.6 Å². The zero-order valence-electron chi connectivity index (χ0n) is 11.9. The van der Waals surface area contributed by atoms with Crippen LogP contribution in [0.15, 0.2) is 42.5 Å². The first-order chi connectivity index (χ1) is 10.7. The van der Waals surface area contributed by atoms with Crippen LogP contribution in [0, 0.1) is 0 Å². The van der Waals surface area contributed by atoms with Crippen LogP contribution >= 0.6 is 0 Å². The highest BCUT2D eigenvalue weighted by Crippen LogP contribution is 2.33. The predicted molar refractivity (Wildman–Crippen MR) is 80.6 cm³/mol. The normalized spacial score (nSPS) is 12.6. The van der Waals surface area contributed by atoms with Gasteiger partial charge in [0.05, 0.1) is 12.7 Å². The van der Waals surface area contributed by atoms with Gasteiger partial charge in [-0.25, -0.2) is 0 Å². The third kappa shape index (κ3) is 2.61. The number of fused-ring (bicyclic) bond motifs is 1. The molecule has 0 atom stereocenters. The average molecular weight is 298 g/mol. The Labute approximate surface area is 127 Å². The van der Waals surface area contributed by atoms with E-state index in [2.05, 4.69) is 0 Å². The minimum Gasteiger partial charge on any atom is -0.507 e. The van der Waals surface area contributed by atoms with Gasteiger partial charge >= 0.3 is 0 Å². The van der Waals surface area contributed by atoms with E-state index in [1.54, 1.807) is 30.3 Å². The van der Waals surface area contributed by atoms with Crippen LogP contribution < -0.4 is 14.2 Å². The summed E-state index contributed by atoms with van der Waals surface area (Å²) in [5.74, 6) is 1.52. The predicted octanol–water partition coefficient (Wildman–Crippen LogP) is 3.03. The van der Waals surface area contributed by atoms with E-state index in [9.17, 15) is 9.90 Å². The van der Waals surface area contributed by atoms with Crippen LogP contribution in [-0.4, -0.2) is 24.8 Å². The fraction of sp³-hybridized carbons (Fsp3) is 0.118. The SMILES string of the molecule is COc1cccc(O)c1C=CC(=O)c1ccc2c(c1)OCO2. The molecule has 1 N–H and O–H groups in total. The van der Waals surface area contributed by atoms with Gasteiger partial charge < -0.3 is 19.3 Å². The maximum Gasteiger partial charge on any atom is 0.231 e. The van der Waals surface area contributed by atoms with Crippen molar-refractivity contribution in [3.63, 3.8) is 0 Å². The first kappa shape index (κ1) is 14.0. The van der Waals surface area contributed by atoms with Crippen molar-refractivity contribution in [2.45, 2.75) is 0 Å². The molecule has 112 valence electrons. The van der Waals surface area contributed by atoms with Crippen LogP contribution in [0.5, 0.6) is 23.0 Å². The Morgan fingerprint density at radius 2 is 2.05 bits per heavy atom. The Balaban J connectivity index is 1.85. The zero-order chi connectivity index (χ0) is 15.5. The average Bonchev–Trinajstić information content (AvgIpc) is 3.00. The molecule has 0 saturated carbocycles. The molecular formula is C17H14O5. The summed E-state index contributed by atoms with van der Waals surface area (Å²) in [6, 6.07) is 9.92. The van der Waals surface area contributed by atoms with Crippen LogP contribution in [0.3, 0.4) is 0 Å². The number of hydrogen-bond donors (Lipinski definition) is 1. The van der Waals surface area contributed by atoms with Crippen molar-refractivity contribution < 1.29 is 24.1 Å². The summed E-state index contributed by atoms with van der Waals surface area (Å²) < 4.78 is 15.6. The van der Waals surface area contributed by atoms with Gasteiger partial charge in [-0.05, 0) is 42.5 Å². The lowest BCUT2D eigenvalue weighted by Crippen LogP contribution is -1.95. The lowest BCUT2D eigenvalue weighted by Gasteiger charge is -2.06. The highest BCUT2D eigenvalue weighted by atomic mass is 16.7. The Morgan fingerprint density at radius 3 is 2.86 bits per heavy atom. The topological polar surface area (TPSA) is 65.0 Å². The van der Waals surface area contributed by atoms with E-state index in [1.807, 2.05) is 0 Å². The number of rotatable bonds is 4. The largest absolute Gasteiger partial charge is 0.507 e. The number of phenolic OH excluding ortho intramolecular Hbond substituents is 1. The Bertz CT molecular complexity index is 749. The molecule has 5 nitrogen and oxygen atoms in total. The van der Waals surface area contributed by atoms with Crippen molar-refractivity contribution in [3.8, 4) is 23.0 Å². The second kappa shape index (κ2) is 5.81. The van der Waals surface area contributed by atoms with E-state index < -0.39 is 0 Å². The molecule has 1 heterocycles. The van der Waals surface area contributed by atoms with Gasteiger partial charge in [-0.1, -0.05) is 6.07 Å². The van der Waals surface area contributed by atoms with E-state index >= 15 is 0 Å². The lowest BCUT2D eigenvalue weighted by molar-refractivity contribution is 0.104. The van der Waals surface area contributed by atoms with Crippen molar-refractivity contribution in [2.24, 2.45) is 0 Å². The number of hydrogen-bond acceptors (Lipinski definition) is 5. The Morgan fingerprint density at radius 1 is 1.23 bits per heavy atom. The number of carbonyl (C=O) groups excluding carboxylic acids is 1. The molecule has 2 aromatic rings. The summed E-state index contributed by atoms with van der Waals surface area (Å²) in [7, 11) is 1.51. The molecule has 0 unspecified atom stereocenters. The maximum atomic E-state index is 12.2. The maximum absolute atomic E-state index is 12.2. The lowest BCUT2D eigenvalue weighted by atomic mass is 10.1. The standard InChI is InChI=1S/C17H14O5/c1-20-15-4-2-3-14(19)12(15)6-7-13(18)11-5-8-16-17(9-11)22-10-21-16/h2-9,19H,10H2,1H3. The van der Waals surface area contributed by atoms with Crippen LogP contribution in [0.25, 0.3) is 6.08 Å². The summed E-state index contributed by atoms with van der Waals surface area (Å²) in [5.41, 5.74) is 0.939. The smallest absolute Gasteiger partial charge is 0.231 e. The first-order valence-electron chi connectivity index (χ1n) is 6.67. The first-order valence-corrected chi connectivity index (χ1v) is 6.67. The van der Waals surface area contributed by atoms with Crippen LogP contribution in [0.2, 0.25) is 0 Å². The molecule has 22 heavy (non-hydrogen) atoms. The van der Waals surface area contributed by atoms with E-state index in [-0.39, 0.29) is 18.3 Å². The quantitative estimate of drug-likeness (QED) is 0.694. The van der Waals surface area contributed by atoms with E-state index in [0.29, 0.717) is 28.4 Å². The van der Waals surface area contributed by atoms with Gasteiger partial charge in [0.15, 0.2) is 17.3 Å². The van der Waals surface area contributed by atoms with Gasteiger partial charge in [0.1, 0.15) is 11.5 Å². The number of allylic oxidation sites excluding steroid dienone is 1. The molecule has 0 fully saturated rings. The second-order valence-electron chi connectivity index (χ2n) is 4.66. The van der Waals surface area contributed by atoms with Crippen LogP contribution in [0.4, 0.5) is 0 Å². The third-order valence-corrected chi connectivity index (χ3v) is 3.32.